The van der Waals surface area contributed by atoms with Crippen LogP contribution in [0.5, 0.6) is 0 Å². The number of nitrogens with zero attached hydrogens (tertiary/aromatic N) is 7. The molecule has 4 rings (SSSR count). The van der Waals surface area contributed by atoms with E-state index in [-0.39, 0.29) is 17.3 Å². The van der Waals surface area contributed by atoms with Crippen LogP contribution in [0.15, 0.2) is 47.1 Å². The molecule has 0 radical (unpaired) electrons. The molecule has 11 heteroatoms. The third kappa shape index (κ3) is 3.88. The monoisotopic (exact) mass is 471 g/mol. The number of piperazine rings is 1. The number of nitro benzene ring substituents is 1. The summed E-state index contributed by atoms with van der Waals surface area (Å²) in [6.07, 6.45) is 1.75. The van der Waals surface area contributed by atoms with E-state index in [1.807, 2.05) is 12.1 Å². The predicted octanol–water partition coefficient (Wildman–Crippen LogP) is 2.60. The summed E-state index contributed by atoms with van der Waals surface area (Å²) >= 11 is 3.38. The zero-order valence-corrected chi connectivity index (χ0v) is 17.7. The Hall–Kier alpha value is -3.34. The topological polar surface area (TPSA) is 110 Å². The van der Waals surface area contributed by atoms with Crippen LogP contribution < -0.4 is 4.90 Å². The second-order valence-corrected chi connectivity index (χ2v) is 7.74. The van der Waals surface area contributed by atoms with Crippen LogP contribution in [-0.4, -0.2) is 61.9 Å². The highest BCUT2D eigenvalue weighted by atomic mass is 79.9. The molecule has 0 aliphatic carbocycles. The summed E-state index contributed by atoms with van der Waals surface area (Å²) in [5, 5.41) is 19.1. The van der Waals surface area contributed by atoms with Crippen molar-refractivity contribution in [3.8, 4) is 5.69 Å². The first-order valence-electron chi connectivity index (χ1n) is 9.27. The van der Waals surface area contributed by atoms with E-state index in [4.69, 9.17) is 0 Å². The second-order valence-electron chi connectivity index (χ2n) is 6.83. The molecule has 1 fully saturated rings. The van der Waals surface area contributed by atoms with Crippen molar-refractivity contribution in [2.24, 2.45) is 0 Å². The molecule has 0 unspecified atom stereocenters. The molecule has 0 bridgehead atoms. The lowest BCUT2D eigenvalue weighted by Gasteiger charge is -2.35. The highest BCUT2D eigenvalue weighted by molar-refractivity contribution is 9.10. The number of benzene rings is 1. The lowest BCUT2D eigenvalue weighted by molar-refractivity contribution is -0.384. The summed E-state index contributed by atoms with van der Waals surface area (Å²) in [7, 11) is 0. The molecule has 0 saturated carbocycles. The Balaban J connectivity index is 1.48. The van der Waals surface area contributed by atoms with Crippen LogP contribution in [0.4, 0.5) is 11.5 Å². The molecule has 0 spiro atoms. The molecule has 30 heavy (non-hydrogen) atoms. The average Bonchev–Trinajstić information content (AvgIpc) is 3.15. The fourth-order valence-electron chi connectivity index (χ4n) is 3.35. The van der Waals surface area contributed by atoms with E-state index in [2.05, 4.69) is 36.1 Å². The van der Waals surface area contributed by atoms with Gasteiger partial charge in [0.25, 0.3) is 11.6 Å². The molecule has 0 atom stereocenters. The van der Waals surface area contributed by atoms with Gasteiger partial charge < -0.3 is 9.80 Å². The molecule has 1 aliphatic heterocycles. The van der Waals surface area contributed by atoms with Crippen molar-refractivity contribution < 1.29 is 9.72 Å². The largest absolute Gasteiger partial charge is 0.353 e. The first-order valence-corrected chi connectivity index (χ1v) is 10.1. The molecular weight excluding hydrogens is 454 g/mol. The number of aromatic nitrogens is 4. The number of nitro groups is 1. The van der Waals surface area contributed by atoms with Gasteiger partial charge in [-0.05, 0) is 41.1 Å². The van der Waals surface area contributed by atoms with Crippen LogP contribution >= 0.6 is 15.9 Å². The number of halogens is 1. The summed E-state index contributed by atoms with van der Waals surface area (Å²) in [6, 6.07) is 9.95. The van der Waals surface area contributed by atoms with Crippen molar-refractivity contribution in [2.75, 3.05) is 31.1 Å². The average molecular weight is 472 g/mol. The zero-order valence-electron chi connectivity index (χ0n) is 16.1. The molecule has 1 saturated heterocycles. The lowest BCUT2D eigenvalue weighted by atomic mass is 10.2. The number of amides is 1. The summed E-state index contributed by atoms with van der Waals surface area (Å²) in [4.78, 5) is 31.8. The molecule has 1 aromatic carbocycles. The normalized spacial score (nSPS) is 14.1. The number of carbonyl (C=O) groups is 1. The maximum atomic E-state index is 13.0. The number of carbonyl (C=O) groups excluding carboxylic acids is 1. The van der Waals surface area contributed by atoms with Gasteiger partial charge in [0.2, 0.25) is 0 Å². The Morgan fingerprint density at radius 1 is 1.17 bits per heavy atom. The smallest absolute Gasteiger partial charge is 0.276 e. The maximum absolute atomic E-state index is 13.0. The zero-order chi connectivity index (χ0) is 21.3. The van der Waals surface area contributed by atoms with Gasteiger partial charge in [-0.3, -0.25) is 14.9 Å². The quantitative estimate of drug-likeness (QED) is 0.424. The van der Waals surface area contributed by atoms with Gasteiger partial charge in [-0.2, -0.15) is 0 Å². The number of anilines is 1. The standard InChI is InChI=1S/C19H18BrN7O3/c1-13-18(22-23-26(13)15-3-2-4-16(11-15)27(29)30)19(28)25-9-7-24(8-10-25)17-6-5-14(20)12-21-17/h2-6,11-12H,7-10H2,1H3. The fraction of sp³-hybridized carbons (Fsp3) is 0.263. The summed E-state index contributed by atoms with van der Waals surface area (Å²) < 4.78 is 2.37. The van der Waals surface area contributed by atoms with E-state index in [1.54, 1.807) is 30.2 Å². The van der Waals surface area contributed by atoms with E-state index in [9.17, 15) is 14.9 Å². The van der Waals surface area contributed by atoms with Crippen LogP contribution in [-0.2, 0) is 0 Å². The van der Waals surface area contributed by atoms with E-state index < -0.39 is 4.92 Å². The van der Waals surface area contributed by atoms with Crippen LogP contribution in [0.25, 0.3) is 5.69 Å². The lowest BCUT2D eigenvalue weighted by Crippen LogP contribution is -2.49. The number of hydrogen-bond acceptors (Lipinski definition) is 7. The Kier molecular flexibility index (Phi) is 5.44. The number of rotatable bonds is 4. The van der Waals surface area contributed by atoms with Crippen LogP contribution in [0.3, 0.4) is 0 Å². The number of non-ortho nitro benzene ring substituents is 1. The van der Waals surface area contributed by atoms with Crippen molar-refractivity contribution in [3.63, 3.8) is 0 Å². The molecule has 3 heterocycles. The van der Waals surface area contributed by atoms with Crippen LogP contribution in [0.1, 0.15) is 16.2 Å². The second kappa shape index (κ2) is 8.19. The minimum Gasteiger partial charge on any atom is -0.353 e. The Bertz CT molecular complexity index is 1090. The van der Waals surface area contributed by atoms with Crippen molar-refractivity contribution in [1.29, 1.82) is 0 Å². The first-order chi connectivity index (χ1) is 14.4. The molecule has 1 amide bonds. The Labute approximate surface area is 180 Å². The predicted molar refractivity (Wildman–Crippen MR) is 113 cm³/mol. The van der Waals surface area contributed by atoms with Gasteiger partial charge in [0.15, 0.2) is 5.69 Å². The SMILES string of the molecule is Cc1c(C(=O)N2CCN(c3ccc(Br)cn3)CC2)nnn1-c1cccc([N+](=O)[O-])c1. The number of pyridine rings is 1. The van der Waals surface area contributed by atoms with E-state index in [0.717, 1.165) is 10.3 Å². The molecule has 0 N–H and O–H groups in total. The van der Waals surface area contributed by atoms with Crippen molar-refractivity contribution in [1.82, 2.24) is 24.9 Å². The van der Waals surface area contributed by atoms with Gasteiger partial charge in [-0.1, -0.05) is 11.3 Å². The molecule has 3 aromatic rings. The van der Waals surface area contributed by atoms with Gasteiger partial charge in [0, 0.05) is 49.0 Å². The maximum Gasteiger partial charge on any atom is 0.276 e. The number of hydrogen-bond donors (Lipinski definition) is 0. The van der Waals surface area contributed by atoms with Gasteiger partial charge in [-0.15, -0.1) is 5.10 Å². The highest BCUT2D eigenvalue weighted by Gasteiger charge is 2.27. The molecule has 154 valence electrons. The molecule has 2 aromatic heterocycles. The summed E-state index contributed by atoms with van der Waals surface area (Å²) in [5.74, 6) is 0.672. The first kappa shape index (κ1) is 20.0. The Morgan fingerprint density at radius 3 is 2.60 bits per heavy atom. The molecule has 1 aliphatic rings. The van der Waals surface area contributed by atoms with E-state index in [1.165, 1.54) is 16.8 Å². The van der Waals surface area contributed by atoms with Gasteiger partial charge in [-0.25, -0.2) is 9.67 Å². The van der Waals surface area contributed by atoms with E-state index in [0.29, 0.717) is 37.6 Å². The third-order valence-corrected chi connectivity index (χ3v) is 5.45. The highest BCUT2D eigenvalue weighted by Crippen LogP contribution is 2.20. The third-order valence-electron chi connectivity index (χ3n) is 4.98. The van der Waals surface area contributed by atoms with Gasteiger partial charge >= 0.3 is 0 Å². The summed E-state index contributed by atoms with van der Waals surface area (Å²) in [5.41, 5.74) is 1.22. The summed E-state index contributed by atoms with van der Waals surface area (Å²) in [6.45, 7) is 4.14. The van der Waals surface area contributed by atoms with Crippen molar-refractivity contribution >= 4 is 33.3 Å². The van der Waals surface area contributed by atoms with Gasteiger partial charge in [0.1, 0.15) is 5.82 Å². The van der Waals surface area contributed by atoms with E-state index >= 15 is 0 Å². The molecular formula is C19H18BrN7O3. The van der Waals surface area contributed by atoms with Gasteiger partial charge in [0.05, 0.1) is 16.3 Å². The fourth-order valence-corrected chi connectivity index (χ4v) is 3.59. The minimum atomic E-state index is -0.471. The van der Waals surface area contributed by atoms with Crippen molar-refractivity contribution in [3.05, 3.63) is 68.6 Å². The van der Waals surface area contributed by atoms with Crippen LogP contribution in [0.2, 0.25) is 0 Å². The molecule has 10 nitrogen and oxygen atoms in total. The van der Waals surface area contributed by atoms with Crippen molar-refractivity contribution in [2.45, 2.75) is 6.92 Å². The van der Waals surface area contributed by atoms with Crippen LogP contribution in [0, 0.1) is 17.0 Å². The minimum absolute atomic E-state index is 0.0482. The Morgan fingerprint density at radius 2 is 1.93 bits per heavy atom.